The Labute approximate surface area is 138 Å². The average Bonchev–Trinajstić information content (AvgIpc) is 2.37. The van der Waals surface area contributed by atoms with Crippen molar-refractivity contribution in [3.8, 4) is 0 Å². The number of allylic oxidation sites excluding steroid dienone is 5. The molecule has 1 aromatic carbocycles. The molecule has 0 nitrogen and oxygen atoms in total. The summed E-state index contributed by atoms with van der Waals surface area (Å²) in [5.41, 5.74) is 5.76. The van der Waals surface area contributed by atoms with Gasteiger partial charge < -0.3 is 0 Å². The second-order valence-corrected chi connectivity index (χ2v) is 8.21. The van der Waals surface area contributed by atoms with E-state index in [1.54, 1.807) is 0 Å². The maximum Gasteiger partial charge on any atom is 0.186 e. The first-order valence-electron chi connectivity index (χ1n) is 8.14. The van der Waals surface area contributed by atoms with E-state index in [1.807, 2.05) is 6.08 Å². The summed E-state index contributed by atoms with van der Waals surface area (Å²) in [7, 11) is 0.996. The molecular weight excluding hydrogens is 263 g/mol. The molecule has 1 heteroatoms. The van der Waals surface area contributed by atoms with Gasteiger partial charge in [0.05, 0.1) is 0 Å². The Morgan fingerprint density at radius 3 is 1.91 bits per heavy atom. The maximum atomic E-state index is 3.92. The monoisotopic (exact) mass is 294 g/mol. The van der Waals surface area contributed by atoms with Gasteiger partial charge in [-0.3, -0.25) is 0 Å². The van der Waals surface area contributed by atoms with E-state index < -0.39 is 0 Å². The van der Waals surface area contributed by atoms with Gasteiger partial charge in [0, 0.05) is 0 Å². The Kier molecular flexibility index (Phi) is 6.05. The van der Waals surface area contributed by atoms with Crippen LogP contribution in [0.1, 0.15) is 54.0 Å². The van der Waals surface area contributed by atoms with E-state index >= 15 is 0 Å². The Bertz CT molecular complexity index is 557. The predicted octanol–water partition coefficient (Wildman–Crippen LogP) is 5.11. The molecule has 0 fully saturated rings. The van der Waals surface area contributed by atoms with Crippen molar-refractivity contribution in [1.82, 2.24) is 0 Å². The quantitative estimate of drug-likeness (QED) is 0.535. The van der Waals surface area contributed by atoms with Gasteiger partial charge in [-0.05, 0) is 22.0 Å². The molecule has 1 rings (SSSR count). The first-order chi connectivity index (χ1) is 10.0. The first kappa shape index (κ1) is 18.6. The molecule has 0 N–H and O–H groups in total. The summed E-state index contributed by atoms with van der Waals surface area (Å²) in [5.74, 6) is 0. The fourth-order valence-corrected chi connectivity index (χ4v) is 2.36. The minimum Gasteiger partial charge on any atom is -0.103 e. The molecule has 0 aliphatic rings. The van der Waals surface area contributed by atoms with Crippen LogP contribution in [0.3, 0.4) is 0 Å². The zero-order chi connectivity index (χ0) is 17.0. The minimum absolute atomic E-state index is 0.146. The second-order valence-electron chi connectivity index (χ2n) is 8.21. The number of rotatable bonds is 4. The van der Waals surface area contributed by atoms with Crippen molar-refractivity contribution in [2.75, 3.05) is 0 Å². The largest absolute Gasteiger partial charge is 0.186 e. The molecule has 0 aliphatic heterocycles. The van der Waals surface area contributed by atoms with Crippen LogP contribution in [0.2, 0.25) is 0 Å². The van der Waals surface area contributed by atoms with Gasteiger partial charge in [-0.1, -0.05) is 103 Å². The normalized spacial score (nSPS) is 14.0. The summed E-state index contributed by atoms with van der Waals surface area (Å²) in [4.78, 5) is 0. The van der Waals surface area contributed by atoms with Crippen molar-refractivity contribution in [2.24, 2.45) is 5.41 Å². The van der Waals surface area contributed by atoms with E-state index in [1.165, 1.54) is 22.1 Å². The van der Waals surface area contributed by atoms with Crippen LogP contribution in [0.15, 0.2) is 60.1 Å². The van der Waals surface area contributed by atoms with E-state index in [2.05, 4.69) is 91.5 Å². The summed E-state index contributed by atoms with van der Waals surface area (Å²) in [6.07, 6.45) is 6.38. The zero-order valence-corrected chi connectivity index (χ0v) is 15.5. The highest BCUT2D eigenvalue weighted by Gasteiger charge is 2.14. The van der Waals surface area contributed by atoms with E-state index in [0.717, 1.165) is 7.28 Å². The first-order valence-corrected chi connectivity index (χ1v) is 8.14. The Morgan fingerprint density at radius 1 is 0.955 bits per heavy atom. The fourth-order valence-electron chi connectivity index (χ4n) is 2.36. The van der Waals surface area contributed by atoms with Gasteiger partial charge in [-0.25, -0.2) is 0 Å². The molecule has 0 bridgehead atoms. The van der Waals surface area contributed by atoms with Crippen LogP contribution in [0.5, 0.6) is 0 Å². The zero-order valence-electron chi connectivity index (χ0n) is 15.5. The highest BCUT2D eigenvalue weighted by atomic mass is 14.2. The summed E-state index contributed by atoms with van der Waals surface area (Å²) in [5, 5.41) is 0. The van der Waals surface area contributed by atoms with Gasteiger partial charge >= 0.3 is 0 Å². The average molecular weight is 294 g/mol. The summed E-state index contributed by atoms with van der Waals surface area (Å²) in [6, 6.07) is 9.01. The summed E-state index contributed by atoms with van der Waals surface area (Å²) < 4.78 is 0. The molecule has 0 radical (unpaired) electrons. The van der Waals surface area contributed by atoms with Crippen LogP contribution in [-0.4, -0.2) is 7.28 Å². The van der Waals surface area contributed by atoms with Gasteiger partial charge in [0.1, 0.15) is 0 Å². The third kappa shape index (κ3) is 5.71. The Balaban J connectivity index is 2.84. The molecule has 22 heavy (non-hydrogen) atoms. The molecule has 0 amide bonds. The molecule has 0 saturated heterocycles. The molecule has 1 aromatic rings. The molecule has 118 valence electrons. The lowest BCUT2D eigenvalue weighted by Gasteiger charge is -2.19. The molecule has 0 saturated carbocycles. The molecular formula is C21H31B. The van der Waals surface area contributed by atoms with Crippen LogP contribution in [0, 0.1) is 5.41 Å². The Hall–Kier alpha value is -1.50. The van der Waals surface area contributed by atoms with Crippen LogP contribution >= 0.6 is 0 Å². The van der Waals surface area contributed by atoms with Gasteiger partial charge in [0.2, 0.25) is 0 Å². The lowest BCUT2D eigenvalue weighted by Crippen LogP contribution is -2.18. The molecule has 0 spiro atoms. The van der Waals surface area contributed by atoms with E-state index in [-0.39, 0.29) is 10.8 Å². The molecule has 0 aromatic heterocycles. The predicted molar refractivity (Wildman–Crippen MR) is 103 cm³/mol. The fraction of sp³-hybridized carbons (Fsp3) is 0.429. The van der Waals surface area contributed by atoms with Crippen LogP contribution in [0.4, 0.5) is 0 Å². The van der Waals surface area contributed by atoms with Crippen molar-refractivity contribution in [1.29, 1.82) is 0 Å². The van der Waals surface area contributed by atoms with E-state index in [0.29, 0.717) is 0 Å². The number of hydrogen-bond donors (Lipinski definition) is 0. The van der Waals surface area contributed by atoms with Crippen molar-refractivity contribution >= 4 is 12.7 Å². The lowest BCUT2D eigenvalue weighted by atomic mass is 9.63. The van der Waals surface area contributed by atoms with Crippen LogP contribution in [0.25, 0.3) is 0 Å². The third-order valence-electron chi connectivity index (χ3n) is 3.94. The number of benzene rings is 1. The van der Waals surface area contributed by atoms with Gasteiger partial charge in [0.15, 0.2) is 7.28 Å². The minimum atomic E-state index is 0.146. The lowest BCUT2D eigenvalue weighted by molar-refractivity contribution is 0.517. The van der Waals surface area contributed by atoms with Crippen molar-refractivity contribution in [3.05, 3.63) is 65.7 Å². The highest BCUT2D eigenvalue weighted by molar-refractivity contribution is 6.60. The molecule has 0 heterocycles. The molecule has 0 atom stereocenters. The topological polar surface area (TPSA) is 0 Å². The smallest absolute Gasteiger partial charge is 0.103 e. The van der Waals surface area contributed by atoms with E-state index in [9.17, 15) is 0 Å². The van der Waals surface area contributed by atoms with Gasteiger partial charge in [0.25, 0.3) is 0 Å². The van der Waals surface area contributed by atoms with Crippen molar-refractivity contribution < 1.29 is 0 Å². The maximum absolute atomic E-state index is 3.92. The Morgan fingerprint density at radius 2 is 1.50 bits per heavy atom. The van der Waals surface area contributed by atoms with E-state index in [4.69, 9.17) is 0 Å². The van der Waals surface area contributed by atoms with Crippen molar-refractivity contribution in [3.63, 3.8) is 0 Å². The number of hydrogen-bond acceptors (Lipinski definition) is 0. The molecule has 0 aliphatic carbocycles. The SMILES string of the molecule is C=C/C(=C\C=C(/C)Bc1ccc(C(C)(C)C)cc1)C(C)(C)C. The third-order valence-corrected chi connectivity index (χ3v) is 3.94. The highest BCUT2D eigenvalue weighted by Crippen LogP contribution is 2.26. The summed E-state index contributed by atoms with van der Waals surface area (Å²) >= 11 is 0. The summed E-state index contributed by atoms with van der Waals surface area (Å²) in [6.45, 7) is 19.5. The van der Waals surface area contributed by atoms with Gasteiger partial charge in [-0.2, -0.15) is 0 Å². The van der Waals surface area contributed by atoms with Gasteiger partial charge in [-0.15, -0.1) is 5.47 Å². The van der Waals surface area contributed by atoms with Crippen molar-refractivity contribution in [2.45, 2.75) is 53.9 Å². The standard InChI is InChI=1S/C21H31B/c1-9-17(20(3,4)5)11-10-16(2)22-19-14-12-18(13-15-19)21(6,7)8/h9-15,22H,1H2,2-8H3/b16-10+,17-11+. The van der Waals surface area contributed by atoms with Crippen LogP contribution < -0.4 is 5.46 Å². The van der Waals surface area contributed by atoms with Crippen LogP contribution in [-0.2, 0) is 5.41 Å². The molecule has 0 unspecified atom stereocenters. The second kappa shape index (κ2) is 7.18.